The van der Waals surface area contributed by atoms with Gasteiger partial charge in [0.2, 0.25) is 5.88 Å². The maximum absolute atomic E-state index is 11.6. The molecule has 0 saturated carbocycles. The van der Waals surface area contributed by atoms with Gasteiger partial charge in [-0.05, 0) is 24.9 Å². The molecule has 0 amide bonds. The summed E-state index contributed by atoms with van der Waals surface area (Å²) in [5.41, 5.74) is 1.08. The zero-order chi connectivity index (χ0) is 13.9. The summed E-state index contributed by atoms with van der Waals surface area (Å²) in [4.78, 5) is 6.34. The Bertz CT molecular complexity index is 513. The molecule has 1 aliphatic rings. The van der Waals surface area contributed by atoms with Crippen LogP contribution in [0.1, 0.15) is 18.4 Å². The second-order valence-electron chi connectivity index (χ2n) is 5.04. The summed E-state index contributed by atoms with van der Waals surface area (Å²) in [6.07, 6.45) is 4.82. The number of aromatic nitrogens is 1. The third kappa shape index (κ3) is 3.91. The summed E-state index contributed by atoms with van der Waals surface area (Å²) in [6, 6.07) is 3.79. The Kier molecular flexibility index (Phi) is 4.42. The number of sulfone groups is 1. The Morgan fingerprint density at radius 1 is 1.47 bits per heavy atom. The first-order valence-electron chi connectivity index (χ1n) is 6.39. The zero-order valence-corrected chi connectivity index (χ0v) is 12.2. The lowest BCUT2D eigenvalue weighted by Gasteiger charge is -2.31. The molecule has 5 nitrogen and oxygen atoms in total. The summed E-state index contributed by atoms with van der Waals surface area (Å²) in [5.74, 6) is 0.594. The fourth-order valence-electron chi connectivity index (χ4n) is 2.39. The number of nitrogens with zero attached hydrogens (tertiary/aromatic N) is 2. The summed E-state index contributed by atoms with van der Waals surface area (Å²) in [6.45, 7) is 2.30. The lowest BCUT2D eigenvalue weighted by Crippen LogP contribution is -2.41. The average molecular weight is 284 g/mol. The van der Waals surface area contributed by atoms with Crippen LogP contribution in [0.5, 0.6) is 5.88 Å². The third-order valence-electron chi connectivity index (χ3n) is 3.48. The van der Waals surface area contributed by atoms with Crippen molar-refractivity contribution in [2.75, 3.05) is 26.5 Å². The molecule has 19 heavy (non-hydrogen) atoms. The molecule has 1 unspecified atom stereocenters. The highest BCUT2D eigenvalue weighted by atomic mass is 32.2. The molecule has 2 heterocycles. The Hall–Kier alpha value is -1.14. The van der Waals surface area contributed by atoms with E-state index in [0.717, 1.165) is 31.5 Å². The minimum absolute atomic E-state index is 0.229. The molecule has 1 aromatic heterocycles. The second-order valence-corrected chi connectivity index (χ2v) is 7.36. The lowest BCUT2D eigenvalue weighted by atomic mass is 10.1. The molecule has 0 radical (unpaired) electrons. The molecule has 0 bridgehead atoms. The van der Waals surface area contributed by atoms with E-state index in [1.807, 2.05) is 12.1 Å². The summed E-state index contributed by atoms with van der Waals surface area (Å²) in [5, 5.41) is -0.229. The summed E-state index contributed by atoms with van der Waals surface area (Å²) >= 11 is 0. The average Bonchev–Trinajstić information content (AvgIpc) is 2.39. The van der Waals surface area contributed by atoms with Crippen LogP contribution in [-0.4, -0.2) is 50.0 Å². The van der Waals surface area contributed by atoms with Crippen molar-refractivity contribution in [3.05, 3.63) is 23.9 Å². The lowest BCUT2D eigenvalue weighted by molar-refractivity contribution is 0.222. The molecule has 2 rings (SSSR count). The first-order chi connectivity index (χ1) is 8.99. The monoisotopic (exact) mass is 284 g/mol. The molecule has 0 spiro atoms. The van der Waals surface area contributed by atoms with Gasteiger partial charge in [0.1, 0.15) is 0 Å². The van der Waals surface area contributed by atoms with Crippen molar-refractivity contribution in [2.45, 2.75) is 24.6 Å². The van der Waals surface area contributed by atoms with Crippen LogP contribution in [0.15, 0.2) is 18.3 Å². The van der Waals surface area contributed by atoms with Crippen LogP contribution in [0, 0.1) is 0 Å². The number of methoxy groups -OCH3 is 1. The van der Waals surface area contributed by atoms with Gasteiger partial charge in [0.15, 0.2) is 9.84 Å². The first-order valence-corrected chi connectivity index (χ1v) is 8.34. The quantitative estimate of drug-likeness (QED) is 0.828. The van der Waals surface area contributed by atoms with Crippen LogP contribution < -0.4 is 4.74 Å². The summed E-state index contributed by atoms with van der Waals surface area (Å²) < 4.78 is 28.2. The number of piperidine rings is 1. The van der Waals surface area contributed by atoms with Gasteiger partial charge < -0.3 is 4.74 Å². The van der Waals surface area contributed by atoms with Crippen LogP contribution in [0.3, 0.4) is 0 Å². The smallest absolute Gasteiger partial charge is 0.212 e. The zero-order valence-electron chi connectivity index (χ0n) is 11.4. The highest BCUT2D eigenvalue weighted by molar-refractivity contribution is 7.91. The van der Waals surface area contributed by atoms with Crippen molar-refractivity contribution in [2.24, 2.45) is 0 Å². The van der Waals surface area contributed by atoms with Gasteiger partial charge in [-0.15, -0.1) is 0 Å². The van der Waals surface area contributed by atoms with Gasteiger partial charge in [0.25, 0.3) is 0 Å². The predicted octanol–water partition coefficient (Wildman–Crippen LogP) is 1.10. The fourth-order valence-corrected chi connectivity index (χ4v) is 3.47. The van der Waals surface area contributed by atoms with Crippen molar-refractivity contribution in [3.8, 4) is 5.88 Å². The second kappa shape index (κ2) is 5.88. The SMILES string of the molecule is COc1ccc(CN2CCCC(S(C)(=O)=O)C2)cn1. The Morgan fingerprint density at radius 3 is 2.84 bits per heavy atom. The van der Waals surface area contributed by atoms with E-state index in [2.05, 4.69) is 9.88 Å². The van der Waals surface area contributed by atoms with Crippen LogP contribution in [-0.2, 0) is 16.4 Å². The molecule has 0 aromatic carbocycles. The van der Waals surface area contributed by atoms with Crippen LogP contribution in [0.25, 0.3) is 0 Å². The molecule has 106 valence electrons. The van der Waals surface area contributed by atoms with Gasteiger partial charge in [-0.25, -0.2) is 13.4 Å². The van der Waals surface area contributed by atoms with Crippen LogP contribution in [0.2, 0.25) is 0 Å². The standard InChI is InChI=1S/C13H20N2O3S/c1-18-13-6-5-11(8-14-13)9-15-7-3-4-12(10-15)19(2,16)17/h5-6,8,12H,3-4,7,9-10H2,1-2H3. The highest BCUT2D eigenvalue weighted by Crippen LogP contribution is 2.18. The molecular formula is C13H20N2O3S. The highest BCUT2D eigenvalue weighted by Gasteiger charge is 2.27. The molecule has 0 N–H and O–H groups in total. The van der Waals surface area contributed by atoms with Crippen molar-refractivity contribution >= 4 is 9.84 Å². The van der Waals surface area contributed by atoms with Crippen molar-refractivity contribution in [1.29, 1.82) is 0 Å². The molecular weight excluding hydrogens is 264 g/mol. The largest absolute Gasteiger partial charge is 0.481 e. The van der Waals surface area contributed by atoms with Crippen LogP contribution >= 0.6 is 0 Å². The van der Waals surface area contributed by atoms with E-state index in [9.17, 15) is 8.42 Å². The van der Waals surface area contributed by atoms with E-state index >= 15 is 0 Å². The number of ether oxygens (including phenoxy) is 1. The van der Waals surface area contributed by atoms with Gasteiger partial charge in [-0.2, -0.15) is 0 Å². The third-order valence-corrected chi connectivity index (χ3v) is 5.08. The van der Waals surface area contributed by atoms with E-state index < -0.39 is 9.84 Å². The molecule has 1 aliphatic heterocycles. The maximum Gasteiger partial charge on any atom is 0.212 e. The van der Waals surface area contributed by atoms with Gasteiger partial charge in [0, 0.05) is 31.6 Å². The minimum Gasteiger partial charge on any atom is -0.481 e. The predicted molar refractivity (Wildman–Crippen MR) is 73.9 cm³/mol. The van der Waals surface area contributed by atoms with E-state index in [0.29, 0.717) is 12.4 Å². The van der Waals surface area contributed by atoms with Crippen molar-refractivity contribution < 1.29 is 13.2 Å². The number of hydrogen-bond acceptors (Lipinski definition) is 5. The molecule has 1 aromatic rings. The molecule has 1 atom stereocenters. The van der Waals surface area contributed by atoms with Gasteiger partial charge in [-0.3, -0.25) is 4.90 Å². The minimum atomic E-state index is -2.94. The van der Waals surface area contributed by atoms with Crippen molar-refractivity contribution in [1.82, 2.24) is 9.88 Å². The normalized spacial score (nSPS) is 21.3. The number of rotatable bonds is 4. The van der Waals surface area contributed by atoms with Gasteiger partial charge in [-0.1, -0.05) is 6.07 Å². The fraction of sp³-hybridized carbons (Fsp3) is 0.615. The summed E-state index contributed by atoms with van der Waals surface area (Å²) in [7, 11) is -1.35. The Balaban J connectivity index is 1.98. The first kappa shape index (κ1) is 14.3. The number of pyridine rings is 1. The molecule has 6 heteroatoms. The maximum atomic E-state index is 11.6. The van der Waals surface area contributed by atoms with Gasteiger partial charge in [0.05, 0.1) is 12.4 Å². The van der Waals surface area contributed by atoms with Gasteiger partial charge >= 0.3 is 0 Å². The van der Waals surface area contributed by atoms with E-state index in [1.165, 1.54) is 6.26 Å². The molecule has 1 saturated heterocycles. The van der Waals surface area contributed by atoms with E-state index in [4.69, 9.17) is 4.74 Å². The van der Waals surface area contributed by atoms with Crippen LogP contribution in [0.4, 0.5) is 0 Å². The number of likely N-dealkylation sites (tertiary alicyclic amines) is 1. The molecule has 1 fully saturated rings. The Labute approximate surface area is 114 Å². The Morgan fingerprint density at radius 2 is 2.26 bits per heavy atom. The van der Waals surface area contributed by atoms with E-state index in [1.54, 1.807) is 13.3 Å². The topological polar surface area (TPSA) is 59.5 Å². The molecule has 0 aliphatic carbocycles. The van der Waals surface area contributed by atoms with E-state index in [-0.39, 0.29) is 5.25 Å². The number of hydrogen-bond donors (Lipinski definition) is 0. The van der Waals surface area contributed by atoms with Crippen molar-refractivity contribution in [3.63, 3.8) is 0 Å².